The van der Waals surface area contributed by atoms with E-state index in [-0.39, 0.29) is 0 Å². The molecule has 1 aliphatic heterocycles. The van der Waals surface area contributed by atoms with Crippen LogP contribution in [0.4, 0.5) is 0 Å². The molecule has 0 N–H and O–H groups in total. The summed E-state index contributed by atoms with van der Waals surface area (Å²) in [5.74, 6) is 0. The molecule has 1 fully saturated rings. The predicted molar refractivity (Wildman–Crippen MR) is 35.7 cm³/mol. The van der Waals surface area contributed by atoms with Gasteiger partial charge >= 0.3 is 0 Å². The van der Waals surface area contributed by atoms with Crippen molar-refractivity contribution < 1.29 is 0 Å². The average molecular weight is 126 g/mol. The minimum absolute atomic E-state index is 0.752. The van der Waals surface area contributed by atoms with Crippen molar-refractivity contribution in [1.29, 1.82) is 0 Å². The average Bonchev–Trinajstić information content (AvgIpc) is 1.90. The summed E-state index contributed by atoms with van der Waals surface area (Å²) in [6.07, 6.45) is 1.84. The Bertz CT molecular complexity index is 123. The lowest BCUT2D eigenvalue weighted by molar-refractivity contribution is 0.266. The highest BCUT2D eigenvalue weighted by Gasteiger charge is 2.09. The Kier molecular flexibility index (Phi) is 1.82. The van der Waals surface area contributed by atoms with Crippen LogP contribution in [0, 0.1) is 4.91 Å². The Labute approximate surface area is 54.3 Å². The highest BCUT2D eigenvalue weighted by molar-refractivity contribution is 4.98. The Morgan fingerprint density at radius 3 is 2.44 bits per heavy atom. The zero-order chi connectivity index (χ0) is 6.69. The van der Waals surface area contributed by atoms with Gasteiger partial charge in [0.2, 0.25) is 0 Å². The Morgan fingerprint density at radius 2 is 2.00 bits per heavy atom. The van der Waals surface area contributed by atoms with E-state index in [4.69, 9.17) is 0 Å². The molecular weight excluding hydrogens is 116 g/mol. The largest absolute Gasteiger partial charge is 0.260 e. The third-order valence-corrected chi connectivity index (χ3v) is 1.56. The third-order valence-electron chi connectivity index (χ3n) is 1.56. The van der Waals surface area contributed by atoms with Crippen LogP contribution in [0.1, 0.15) is 12.8 Å². The van der Waals surface area contributed by atoms with Gasteiger partial charge in [0.1, 0.15) is 0 Å². The van der Waals surface area contributed by atoms with Gasteiger partial charge in [0.15, 0.2) is 0 Å². The SMILES string of the molecule is C=C1CCN(N=O)CC1. The quantitative estimate of drug-likeness (QED) is 0.392. The summed E-state index contributed by atoms with van der Waals surface area (Å²) in [6.45, 7) is 5.32. The van der Waals surface area contributed by atoms with E-state index in [0.717, 1.165) is 25.9 Å². The number of rotatable bonds is 1. The summed E-state index contributed by atoms with van der Waals surface area (Å²) in [5.41, 5.74) is 1.23. The monoisotopic (exact) mass is 126 g/mol. The van der Waals surface area contributed by atoms with E-state index in [2.05, 4.69) is 11.9 Å². The maximum Gasteiger partial charge on any atom is 0.0524 e. The van der Waals surface area contributed by atoms with Gasteiger partial charge in [-0.3, -0.25) is 5.01 Å². The fourth-order valence-corrected chi connectivity index (χ4v) is 0.893. The van der Waals surface area contributed by atoms with Gasteiger partial charge in [-0.25, -0.2) is 0 Å². The van der Waals surface area contributed by atoms with Crippen LogP contribution < -0.4 is 0 Å². The van der Waals surface area contributed by atoms with Crippen LogP contribution in [0.25, 0.3) is 0 Å². The van der Waals surface area contributed by atoms with Crippen molar-refractivity contribution in [3.63, 3.8) is 0 Å². The van der Waals surface area contributed by atoms with E-state index in [9.17, 15) is 4.91 Å². The lowest BCUT2D eigenvalue weighted by atomic mass is 10.1. The van der Waals surface area contributed by atoms with Crippen molar-refractivity contribution in [2.24, 2.45) is 5.29 Å². The maximum atomic E-state index is 9.91. The molecule has 0 aromatic carbocycles. The van der Waals surface area contributed by atoms with Crippen LogP contribution >= 0.6 is 0 Å². The third kappa shape index (κ3) is 1.52. The second-order valence-corrected chi connectivity index (χ2v) is 2.29. The Morgan fingerprint density at radius 1 is 1.44 bits per heavy atom. The molecule has 1 heterocycles. The number of piperidine rings is 1. The summed E-state index contributed by atoms with van der Waals surface area (Å²) in [7, 11) is 0. The molecule has 0 aliphatic carbocycles. The fourth-order valence-electron chi connectivity index (χ4n) is 0.893. The van der Waals surface area contributed by atoms with Crippen LogP contribution in [0.2, 0.25) is 0 Å². The second kappa shape index (κ2) is 2.62. The molecule has 3 heteroatoms. The van der Waals surface area contributed by atoms with Gasteiger partial charge in [-0.1, -0.05) is 12.2 Å². The normalized spacial score (nSPS) is 20.0. The molecule has 1 aliphatic rings. The van der Waals surface area contributed by atoms with Gasteiger partial charge in [0.05, 0.1) is 5.29 Å². The Balaban J connectivity index is 2.34. The van der Waals surface area contributed by atoms with Crippen LogP contribution in [0.15, 0.2) is 17.4 Å². The number of nitrogens with zero attached hydrogens (tertiary/aromatic N) is 2. The molecule has 9 heavy (non-hydrogen) atoms. The first-order valence-corrected chi connectivity index (χ1v) is 3.08. The molecular formula is C6H10N2O. The first-order valence-electron chi connectivity index (χ1n) is 3.08. The van der Waals surface area contributed by atoms with Gasteiger partial charge in [-0.05, 0) is 12.8 Å². The van der Waals surface area contributed by atoms with Crippen molar-refractivity contribution in [1.82, 2.24) is 5.01 Å². The standard InChI is InChI=1S/C6H10N2O/c1-6-2-4-8(7-9)5-3-6/h1-5H2. The summed E-state index contributed by atoms with van der Waals surface area (Å²) in [6, 6.07) is 0. The molecule has 0 spiro atoms. The van der Waals surface area contributed by atoms with Crippen molar-refractivity contribution in [3.05, 3.63) is 17.1 Å². The zero-order valence-electron chi connectivity index (χ0n) is 5.34. The van der Waals surface area contributed by atoms with Crippen molar-refractivity contribution in [3.8, 4) is 0 Å². The predicted octanol–water partition coefficient (Wildman–Crippen LogP) is 1.32. The maximum absolute atomic E-state index is 9.91. The van der Waals surface area contributed by atoms with E-state index < -0.39 is 0 Å². The minimum atomic E-state index is 0.752. The fraction of sp³-hybridized carbons (Fsp3) is 0.667. The summed E-state index contributed by atoms with van der Waals surface area (Å²) >= 11 is 0. The van der Waals surface area contributed by atoms with Crippen LogP contribution in [-0.4, -0.2) is 18.1 Å². The molecule has 50 valence electrons. The highest BCUT2D eigenvalue weighted by atomic mass is 16.3. The molecule has 0 aromatic heterocycles. The van der Waals surface area contributed by atoms with E-state index in [1.165, 1.54) is 10.6 Å². The van der Waals surface area contributed by atoms with Crippen LogP contribution in [-0.2, 0) is 0 Å². The molecule has 0 bridgehead atoms. The number of hydrogen-bond donors (Lipinski definition) is 0. The highest BCUT2D eigenvalue weighted by Crippen LogP contribution is 2.12. The van der Waals surface area contributed by atoms with Gasteiger partial charge < -0.3 is 0 Å². The first kappa shape index (κ1) is 6.26. The van der Waals surface area contributed by atoms with Gasteiger partial charge in [0, 0.05) is 13.1 Å². The minimum Gasteiger partial charge on any atom is -0.260 e. The van der Waals surface area contributed by atoms with E-state index in [0.29, 0.717) is 0 Å². The molecule has 0 unspecified atom stereocenters. The second-order valence-electron chi connectivity index (χ2n) is 2.29. The van der Waals surface area contributed by atoms with Crippen molar-refractivity contribution in [2.45, 2.75) is 12.8 Å². The van der Waals surface area contributed by atoms with E-state index in [1.54, 1.807) is 0 Å². The summed E-state index contributed by atoms with van der Waals surface area (Å²) in [5, 5.41) is 4.36. The van der Waals surface area contributed by atoms with Crippen molar-refractivity contribution in [2.75, 3.05) is 13.1 Å². The summed E-state index contributed by atoms with van der Waals surface area (Å²) in [4.78, 5) is 9.91. The smallest absolute Gasteiger partial charge is 0.0524 e. The molecule has 0 radical (unpaired) electrons. The van der Waals surface area contributed by atoms with E-state index in [1.807, 2.05) is 0 Å². The van der Waals surface area contributed by atoms with Crippen LogP contribution in [0.5, 0.6) is 0 Å². The van der Waals surface area contributed by atoms with Gasteiger partial charge in [-0.15, -0.1) is 4.91 Å². The van der Waals surface area contributed by atoms with Gasteiger partial charge in [-0.2, -0.15) is 0 Å². The van der Waals surface area contributed by atoms with Crippen molar-refractivity contribution >= 4 is 0 Å². The molecule has 3 nitrogen and oxygen atoms in total. The Hall–Kier alpha value is -0.860. The number of hydrogen-bond acceptors (Lipinski definition) is 2. The lowest BCUT2D eigenvalue weighted by Crippen LogP contribution is -2.24. The number of nitroso groups, excluding NO2 is 1. The van der Waals surface area contributed by atoms with E-state index >= 15 is 0 Å². The summed E-state index contributed by atoms with van der Waals surface area (Å²) < 4.78 is 0. The van der Waals surface area contributed by atoms with Crippen LogP contribution in [0.3, 0.4) is 0 Å². The molecule has 0 aromatic rings. The molecule has 1 rings (SSSR count). The lowest BCUT2D eigenvalue weighted by Gasteiger charge is -2.21. The molecule has 0 atom stereocenters. The molecule has 0 saturated carbocycles. The molecule has 1 saturated heterocycles. The van der Waals surface area contributed by atoms with Gasteiger partial charge in [0.25, 0.3) is 0 Å². The molecule has 0 amide bonds. The topological polar surface area (TPSA) is 32.7 Å². The first-order chi connectivity index (χ1) is 4.33. The zero-order valence-corrected chi connectivity index (χ0v) is 5.34.